The number of benzene rings is 1. The van der Waals surface area contributed by atoms with Crippen molar-refractivity contribution in [1.82, 2.24) is 4.98 Å². The number of fused-ring (bicyclic) bond motifs is 1. The Kier molecular flexibility index (Phi) is 3.72. The first kappa shape index (κ1) is 13.5. The number of rotatable bonds is 5. The molecular weight excluding hydrogens is 274 g/mol. The van der Waals surface area contributed by atoms with Crippen molar-refractivity contribution in [2.75, 3.05) is 6.61 Å². The summed E-state index contributed by atoms with van der Waals surface area (Å²) >= 11 is 1.61. The average molecular weight is 291 g/mol. The molecule has 1 aromatic carbocycles. The highest BCUT2D eigenvalue weighted by Gasteiger charge is 2.30. The lowest BCUT2D eigenvalue weighted by Crippen LogP contribution is -2.32. The lowest BCUT2D eigenvalue weighted by atomic mass is 9.80. The van der Waals surface area contributed by atoms with Crippen molar-refractivity contribution in [2.24, 2.45) is 5.92 Å². The number of nitrogens with zero attached hydrogens (tertiary/aromatic N) is 1. The summed E-state index contributed by atoms with van der Waals surface area (Å²) < 4.78 is 6.52. The van der Waals surface area contributed by atoms with E-state index < -0.39 is 5.97 Å². The predicted molar refractivity (Wildman–Crippen MR) is 78.4 cm³/mol. The van der Waals surface area contributed by atoms with Gasteiger partial charge in [0.15, 0.2) is 0 Å². The van der Waals surface area contributed by atoms with E-state index in [-0.39, 0.29) is 0 Å². The lowest BCUT2D eigenvalue weighted by Gasteiger charge is -2.34. The van der Waals surface area contributed by atoms with Gasteiger partial charge in [-0.1, -0.05) is 0 Å². The van der Waals surface area contributed by atoms with E-state index in [2.05, 4.69) is 4.98 Å². The molecule has 1 aromatic heterocycles. The minimum Gasteiger partial charge on any atom is -0.478 e. The number of ether oxygens (including phenoxy) is 1. The van der Waals surface area contributed by atoms with Crippen molar-refractivity contribution in [3.05, 3.63) is 28.8 Å². The van der Waals surface area contributed by atoms with E-state index in [1.54, 1.807) is 29.5 Å². The molecule has 0 saturated heterocycles. The summed E-state index contributed by atoms with van der Waals surface area (Å²) in [6.45, 7) is 2.82. The standard InChI is InChI=1S/C15H17NO3S/c1-2-19-11-5-9(6-11)7-14-16-12-4-3-10(15(17)18)8-13(12)20-14/h3-4,8-9,11H,2,5-7H2,1H3,(H,17,18). The van der Waals surface area contributed by atoms with Gasteiger partial charge in [-0.05, 0) is 43.9 Å². The third-order valence-corrected chi connectivity index (χ3v) is 4.78. The molecule has 0 bridgehead atoms. The largest absolute Gasteiger partial charge is 0.478 e. The van der Waals surface area contributed by atoms with E-state index in [9.17, 15) is 4.79 Å². The molecule has 2 aromatic rings. The van der Waals surface area contributed by atoms with Crippen molar-refractivity contribution >= 4 is 27.5 Å². The molecule has 1 heterocycles. The molecule has 0 aliphatic heterocycles. The van der Waals surface area contributed by atoms with Crippen LogP contribution in [0.15, 0.2) is 18.2 Å². The summed E-state index contributed by atoms with van der Waals surface area (Å²) in [5.41, 5.74) is 1.23. The third-order valence-electron chi connectivity index (χ3n) is 3.74. The highest BCUT2D eigenvalue weighted by atomic mass is 32.1. The van der Waals surface area contributed by atoms with E-state index in [0.29, 0.717) is 17.6 Å². The fourth-order valence-corrected chi connectivity index (χ4v) is 3.77. The van der Waals surface area contributed by atoms with Gasteiger partial charge in [0.2, 0.25) is 0 Å². The van der Waals surface area contributed by atoms with Gasteiger partial charge in [0.25, 0.3) is 0 Å². The number of aromatic carboxylic acids is 1. The molecule has 0 atom stereocenters. The van der Waals surface area contributed by atoms with Gasteiger partial charge in [-0.25, -0.2) is 9.78 Å². The molecule has 1 N–H and O–H groups in total. The Hall–Kier alpha value is -1.46. The van der Waals surface area contributed by atoms with Crippen LogP contribution in [0.2, 0.25) is 0 Å². The Labute approximate surface area is 121 Å². The monoisotopic (exact) mass is 291 g/mol. The van der Waals surface area contributed by atoms with Crippen LogP contribution < -0.4 is 0 Å². The van der Waals surface area contributed by atoms with Crippen LogP contribution in [-0.2, 0) is 11.2 Å². The fourth-order valence-electron chi connectivity index (χ4n) is 2.65. The van der Waals surface area contributed by atoms with Crippen LogP contribution in [0.5, 0.6) is 0 Å². The summed E-state index contributed by atoms with van der Waals surface area (Å²) in [5.74, 6) is -0.230. The minimum atomic E-state index is -0.889. The Bertz CT molecular complexity index is 631. The Balaban J connectivity index is 1.69. The first-order valence-electron chi connectivity index (χ1n) is 6.90. The second-order valence-corrected chi connectivity index (χ2v) is 6.33. The topological polar surface area (TPSA) is 59.4 Å². The molecular formula is C15H17NO3S. The number of aromatic nitrogens is 1. The number of carboxylic acids is 1. The highest BCUT2D eigenvalue weighted by molar-refractivity contribution is 7.18. The number of thiazole rings is 1. The molecule has 4 nitrogen and oxygen atoms in total. The molecule has 1 aliphatic rings. The molecule has 0 radical (unpaired) electrons. The number of hydrogen-bond donors (Lipinski definition) is 1. The first-order chi connectivity index (χ1) is 9.65. The van der Waals surface area contributed by atoms with Crippen LogP contribution in [0.4, 0.5) is 0 Å². The summed E-state index contributed by atoms with van der Waals surface area (Å²) in [6.07, 6.45) is 3.64. The number of carbonyl (C=O) groups is 1. The minimum absolute atomic E-state index is 0.327. The van der Waals surface area contributed by atoms with E-state index in [1.165, 1.54) is 0 Å². The summed E-state index contributed by atoms with van der Waals surface area (Å²) in [7, 11) is 0. The van der Waals surface area contributed by atoms with E-state index >= 15 is 0 Å². The zero-order valence-electron chi connectivity index (χ0n) is 11.3. The second kappa shape index (κ2) is 5.50. The van der Waals surface area contributed by atoms with Crippen LogP contribution in [0.25, 0.3) is 10.2 Å². The van der Waals surface area contributed by atoms with Gasteiger partial charge in [-0.3, -0.25) is 0 Å². The summed E-state index contributed by atoms with van der Waals surface area (Å²) in [5, 5.41) is 10.1. The first-order valence-corrected chi connectivity index (χ1v) is 7.71. The zero-order valence-corrected chi connectivity index (χ0v) is 12.2. The van der Waals surface area contributed by atoms with Crippen LogP contribution in [0, 0.1) is 5.92 Å². The van der Waals surface area contributed by atoms with Gasteiger partial charge < -0.3 is 9.84 Å². The van der Waals surface area contributed by atoms with Gasteiger partial charge >= 0.3 is 5.97 Å². The molecule has 1 saturated carbocycles. The van der Waals surface area contributed by atoms with Crippen molar-refractivity contribution in [1.29, 1.82) is 0 Å². The predicted octanol–water partition coefficient (Wildman–Crippen LogP) is 3.35. The summed E-state index contributed by atoms with van der Waals surface area (Å²) in [4.78, 5) is 15.5. The molecule has 1 aliphatic carbocycles. The normalized spacial score (nSPS) is 21.9. The Morgan fingerprint density at radius 3 is 3.00 bits per heavy atom. The van der Waals surface area contributed by atoms with E-state index in [0.717, 1.165) is 41.1 Å². The maximum Gasteiger partial charge on any atom is 0.335 e. The van der Waals surface area contributed by atoms with Gasteiger partial charge in [0.05, 0.1) is 26.9 Å². The Morgan fingerprint density at radius 1 is 1.50 bits per heavy atom. The van der Waals surface area contributed by atoms with Crippen molar-refractivity contribution in [3.63, 3.8) is 0 Å². The molecule has 3 rings (SSSR count). The van der Waals surface area contributed by atoms with Gasteiger partial charge in [-0.15, -0.1) is 11.3 Å². The fraction of sp³-hybridized carbons (Fsp3) is 0.467. The van der Waals surface area contributed by atoms with Crippen molar-refractivity contribution in [2.45, 2.75) is 32.3 Å². The molecule has 1 fully saturated rings. The maximum absolute atomic E-state index is 11.0. The van der Waals surface area contributed by atoms with Crippen LogP contribution in [-0.4, -0.2) is 28.8 Å². The van der Waals surface area contributed by atoms with Crippen molar-refractivity contribution < 1.29 is 14.6 Å². The molecule has 0 amide bonds. The highest BCUT2D eigenvalue weighted by Crippen LogP contribution is 2.35. The zero-order chi connectivity index (χ0) is 14.1. The van der Waals surface area contributed by atoms with Gasteiger partial charge in [-0.2, -0.15) is 0 Å². The second-order valence-electron chi connectivity index (χ2n) is 5.21. The average Bonchev–Trinajstić information content (AvgIpc) is 2.77. The molecule has 0 spiro atoms. The van der Waals surface area contributed by atoms with E-state index in [1.807, 2.05) is 6.92 Å². The SMILES string of the molecule is CCOC1CC(Cc2nc3ccc(C(=O)O)cc3s2)C1. The van der Waals surface area contributed by atoms with Gasteiger partial charge in [0, 0.05) is 13.0 Å². The summed E-state index contributed by atoms with van der Waals surface area (Å²) in [6, 6.07) is 5.12. The van der Waals surface area contributed by atoms with Crippen molar-refractivity contribution in [3.8, 4) is 0 Å². The number of carboxylic acid groups (broad SMARTS) is 1. The van der Waals surface area contributed by atoms with Crippen LogP contribution in [0.1, 0.15) is 35.1 Å². The van der Waals surface area contributed by atoms with Crippen LogP contribution in [0.3, 0.4) is 0 Å². The van der Waals surface area contributed by atoms with E-state index in [4.69, 9.17) is 9.84 Å². The third kappa shape index (κ3) is 2.69. The van der Waals surface area contributed by atoms with Crippen LogP contribution >= 0.6 is 11.3 Å². The molecule has 20 heavy (non-hydrogen) atoms. The molecule has 0 unspecified atom stereocenters. The molecule has 106 valence electrons. The Morgan fingerprint density at radius 2 is 2.30 bits per heavy atom. The smallest absolute Gasteiger partial charge is 0.335 e. The quantitative estimate of drug-likeness (QED) is 0.917. The molecule has 5 heteroatoms. The maximum atomic E-state index is 11.0. The number of hydrogen-bond acceptors (Lipinski definition) is 4. The van der Waals surface area contributed by atoms with Gasteiger partial charge in [0.1, 0.15) is 0 Å². The lowest BCUT2D eigenvalue weighted by molar-refractivity contribution is -0.0240.